The van der Waals surface area contributed by atoms with E-state index in [4.69, 9.17) is 9.52 Å². The Hall–Kier alpha value is -1.75. The number of carboxylic acid groups (broad SMARTS) is 1. The minimum Gasteiger partial charge on any atom is -0.476 e. The molecule has 5 heteroatoms. The predicted molar refractivity (Wildman–Crippen MR) is 63.5 cm³/mol. The van der Waals surface area contributed by atoms with Crippen LogP contribution in [0.4, 0.5) is 0 Å². The van der Waals surface area contributed by atoms with Crippen LogP contribution in [-0.4, -0.2) is 16.1 Å². The van der Waals surface area contributed by atoms with Gasteiger partial charge >= 0.3 is 5.97 Å². The summed E-state index contributed by atoms with van der Waals surface area (Å²) in [5, 5.41) is 9.07. The van der Waals surface area contributed by atoms with Crippen molar-refractivity contribution >= 4 is 17.7 Å². The van der Waals surface area contributed by atoms with Gasteiger partial charge in [0.2, 0.25) is 0 Å². The summed E-state index contributed by atoms with van der Waals surface area (Å²) < 4.78 is 5.09. The molecule has 88 valence electrons. The first-order valence-electron chi connectivity index (χ1n) is 5.00. The summed E-state index contributed by atoms with van der Waals surface area (Å²) in [5.74, 6) is -1.08. The molecule has 0 unspecified atom stereocenters. The molecule has 2 aromatic rings. The van der Waals surface area contributed by atoms with Gasteiger partial charge < -0.3 is 9.52 Å². The van der Waals surface area contributed by atoms with Crippen molar-refractivity contribution in [2.45, 2.75) is 24.0 Å². The third kappa shape index (κ3) is 2.68. The van der Waals surface area contributed by atoms with Crippen molar-refractivity contribution in [1.82, 2.24) is 4.98 Å². The number of rotatable bonds is 3. The molecule has 1 aromatic carbocycles. The van der Waals surface area contributed by atoms with Gasteiger partial charge in [-0.05, 0) is 37.2 Å². The molecule has 0 amide bonds. The van der Waals surface area contributed by atoms with Crippen molar-refractivity contribution < 1.29 is 14.3 Å². The smallest absolute Gasteiger partial charge is 0.357 e. The number of carbonyl (C=O) groups is 1. The summed E-state index contributed by atoms with van der Waals surface area (Å²) in [7, 11) is 0. The summed E-state index contributed by atoms with van der Waals surface area (Å²) in [4.78, 5) is 15.5. The first-order valence-corrected chi connectivity index (χ1v) is 5.82. The van der Waals surface area contributed by atoms with Gasteiger partial charge in [0, 0.05) is 4.90 Å². The van der Waals surface area contributed by atoms with Gasteiger partial charge in [0.1, 0.15) is 6.26 Å². The van der Waals surface area contributed by atoms with Crippen molar-refractivity contribution in [1.29, 1.82) is 0 Å². The zero-order chi connectivity index (χ0) is 12.4. The van der Waals surface area contributed by atoms with Crippen LogP contribution >= 0.6 is 11.8 Å². The molecule has 0 fully saturated rings. The van der Waals surface area contributed by atoms with E-state index in [1.165, 1.54) is 17.3 Å². The van der Waals surface area contributed by atoms with Crippen LogP contribution in [0.2, 0.25) is 0 Å². The number of hydrogen-bond acceptors (Lipinski definition) is 4. The van der Waals surface area contributed by atoms with Gasteiger partial charge in [-0.25, -0.2) is 4.79 Å². The minimum absolute atomic E-state index is 0.0720. The van der Waals surface area contributed by atoms with Gasteiger partial charge in [-0.3, -0.25) is 0 Å². The SMILES string of the molecule is Cc1ccc(Sc2nc(C(=O)O)co2)c(C)c1. The molecule has 1 heterocycles. The molecule has 1 aromatic heterocycles. The zero-order valence-corrected chi connectivity index (χ0v) is 10.2. The van der Waals surface area contributed by atoms with E-state index in [2.05, 4.69) is 11.1 Å². The number of hydrogen-bond donors (Lipinski definition) is 1. The molecular formula is C12H11NO3S. The Morgan fingerprint density at radius 2 is 2.18 bits per heavy atom. The summed E-state index contributed by atoms with van der Waals surface area (Å²) in [6.07, 6.45) is 1.15. The highest BCUT2D eigenvalue weighted by Crippen LogP contribution is 2.29. The Bertz CT molecular complexity index is 563. The van der Waals surface area contributed by atoms with E-state index in [0.717, 1.165) is 16.7 Å². The molecule has 0 saturated heterocycles. The highest BCUT2D eigenvalue weighted by molar-refractivity contribution is 7.99. The maximum atomic E-state index is 10.6. The topological polar surface area (TPSA) is 63.3 Å². The van der Waals surface area contributed by atoms with Crippen molar-refractivity contribution in [2.75, 3.05) is 0 Å². The Kier molecular flexibility index (Phi) is 3.19. The van der Waals surface area contributed by atoms with Crippen molar-refractivity contribution in [3.8, 4) is 0 Å². The van der Waals surface area contributed by atoms with Crippen LogP contribution in [0.25, 0.3) is 0 Å². The van der Waals surface area contributed by atoms with E-state index in [1.54, 1.807) is 0 Å². The number of oxazole rings is 1. The second-order valence-corrected chi connectivity index (χ2v) is 4.67. The van der Waals surface area contributed by atoms with Crippen LogP contribution in [0.1, 0.15) is 21.6 Å². The largest absolute Gasteiger partial charge is 0.476 e. The molecular weight excluding hydrogens is 238 g/mol. The first kappa shape index (κ1) is 11.7. The molecule has 1 N–H and O–H groups in total. The summed E-state index contributed by atoms with van der Waals surface area (Å²) >= 11 is 1.32. The fourth-order valence-corrected chi connectivity index (χ4v) is 2.19. The lowest BCUT2D eigenvalue weighted by Gasteiger charge is -2.03. The van der Waals surface area contributed by atoms with Crippen LogP contribution < -0.4 is 0 Å². The molecule has 17 heavy (non-hydrogen) atoms. The lowest BCUT2D eigenvalue weighted by Crippen LogP contribution is -1.95. The first-order chi connectivity index (χ1) is 8.06. The average Bonchev–Trinajstić information content (AvgIpc) is 2.71. The molecule has 0 radical (unpaired) electrons. The van der Waals surface area contributed by atoms with Crippen molar-refractivity contribution in [2.24, 2.45) is 0 Å². The number of aryl methyl sites for hydroxylation is 2. The van der Waals surface area contributed by atoms with Gasteiger partial charge in [-0.2, -0.15) is 4.98 Å². The highest BCUT2D eigenvalue weighted by atomic mass is 32.2. The number of aromatic carboxylic acids is 1. The number of benzene rings is 1. The van der Waals surface area contributed by atoms with Crippen LogP contribution in [-0.2, 0) is 0 Å². The fourth-order valence-electron chi connectivity index (χ4n) is 1.41. The van der Waals surface area contributed by atoms with E-state index in [1.807, 2.05) is 26.0 Å². The molecule has 4 nitrogen and oxygen atoms in total. The lowest BCUT2D eigenvalue weighted by molar-refractivity contribution is 0.0690. The summed E-state index contributed by atoms with van der Waals surface area (Å²) in [5.41, 5.74) is 2.23. The standard InChI is InChI=1S/C12H11NO3S/c1-7-3-4-10(8(2)5-7)17-12-13-9(6-16-12)11(14)15/h3-6H,1-2H3,(H,14,15). The van der Waals surface area contributed by atoms with E-state index in [9.17, 15) is 4.79 Å². The molecule has 2 rings (SSSR count). The molecule has 0 bridgehead atoms. The number of aromatic nitrogens is 1. The van der Waals surface area contributed by atoms with Crippen molar-refractivity contribution in [3.63, 3.8) is 0 Å². The van der Waals surface area contributed by atoms with Gasteiger partial charge in [-0.15, -0.1) is 0 Å². The second kappa shape index (κ2) is 4.63. The van der Waals surface area contributed by atoms with Crippen LogP contribution in [0.5, 0.6) is 0 Å². The normalized spacial score (nSPS) is 10.5. The maximum absolute atomic E-state index is 10.6. The monoisotopic (exact) mass is 249 g/mol. The molecule has 0 spiro atoms. The number of nitrogens with zero attached hydrogens (tertiary/aromatic N) is 1. The summed E-state index contributed by atoms with van der Waals surface area (Å²) in [6.45, 7) is 4.02. The van der Waals surface area contributed by atoms with Gasteiger partial charge in [0.25, 0.3) is 5.22 Å². The third-order valence-corrected chi connectivity index (χ3v) is 3.27. The minimum atomic E-state index is -1.08. The van der Waals surface area contributed by atoms with Crippen LogP contribution in [0.3, 0.4) is 0 Å². The van der Waals surface area contributed by atoms with Crippen LogP contribution in [0, 0.1) is 13.8 Å². The third-order valence-electron chi connectivity index (χ3n) is 2.23. The predicted octanol–water partition coefficient (Wildman–Crippen LogP) is 3.14. The number of carboxylic acids is 1. The van der Waals surface area contributed by atoms with Gasteiger partial charge in [0.05, 0.1) is 0 Å². The van der Waals surface area contributed by atoms with Gasteiger partial charge in [-0.1, -0.05) is 17.7 Å². The van der Waals surface area contributed by atoms with E-state index < -0.39 is 5.97 Å². The highest BCUT2D eigenvalue weighted by Gasteiger charge is 2.12. The van der Waals surface area contributed by atoms with E-state index in [0.29, 0.717) is 5.22 Å². The molecule has 0 aliphatic heterocycles. The Morgan fingerprint density at radius 1 is 1.41 bits per heavy atom. The Balaban J connectivity index is 2.22. The van der Waals surface area contributed by atoms with Gasteiger partial charge in [0.15, 0.2) is 5.69 Å². The second-order valence-electron chi connectivity index (χ2n) is 3.67. The molecule has 0 atom stereocenters. The quantitative estimate of drug-likeness (QED) is 0.905. The van der Waals surface area contributed by atoms with E-state index >= 15 is 0 Å². The Labute approximate surface area is 103 Å². The lowest BCUT2D eigenvalue weighted by atomic mass is 10.2. The summed E-state index contributed by atoms with van der Waals surface area (Å²) in [6, 6.07) is 6.03. The maximum Gasteiger partial charge on any atom is 0.357 e. The molecule has 0 aliphatic carbocycles. The van der Waals surface area contributed by atoms with Crippen molar-refractivity contribution in [3.05, 3.63) is 41.3 Å². The van der Waals surface area contributed by atoms with Crippen LogP contribution in [0.15, 0.2) is 39.0 Å². The Morgan fingerprint density at radius 3 is 2.76 bits per heavy atom. The average molecular weight is 249 g/mol. The molecule has 0 saturated carbocycles. The van der Waals surface area contributed by atoms with E-state index in [-0.39, 0.29) is 5.69 Å². The fraction of sp³-hybridized carbons (Fsp3) is 0.167. The molecule has 0 aliphatic rings. The zero-order valence-electron chi connectivity index (χ0n) is 9.43.